The molecule has 1 aromatic heterocycles. The highest BCUT2D eigenvalue weighted by molar-refractivity contribution is 5.92. The molecule has 0 atom stereocenters. The lowest BCUT2D eigenvalue weighted by atomic mass is 10.2. The Morgan fingerprint density at radius 3 is 2.43 bits per heavy atom. The van der Waals surface area contributed by atoms with Gasteiger partial charge in [-0.25, -0.2) is 0 Å². The molecular weight excluding hydrogens is 352 g/mol. The van der Waals surface area contributed by atoms with Gasteiger partial charge in [0.25, 0.3) is 5.91 Å². The van der Waals surface area contributed by atoms with Gasteiger partial charge in [-0.15, -0.1) is 10.2 Å². The van der Waals surface area contributed by atoms with Crippen molar-refractivity contribution >= 4 is 11.7 Å². The average molecular weight is 376 g/mol. The second-order valence-electron chi connectivity index (χ2n) is 6.27. The fraction of sp³-hybridized carbons (Fsp3) is 0.227. The van der Waals surface area contributed by atoms with Gasteiger partial charge in [-0.1, -0.05) is 48.5 Å². The van der Waals surface area contributed by atoms with E-state index in [1.165, 1.54) is 0 Å². The first-order valence-electron chi connectivity index (χ1n) is 9.24. The lowest BCUT2D eigenvalue weighted by molar-refractivity contribution is 0.0745. The van der Waals surface area contributed by atoms with Crippen molar-refractivity contribution < 1.29 is 9.53 Å². The fourth-order valence-electron chi connectivity index (χ4n) is 2.87. The van der Waals surface area contributed by atoms with Gasteiger partial charge in [0, 0.05) is 25.2 Å². The topological polar surface area (TPSA) is 67.4 Å². The highest BCUT2D eigenvalue weighted by Gasteiger charge is 2.16. The van der Waals surface area contributed by atoms with E-state index >= 15 is 0 Å². The quantitative estimate of drug-likeness (QED) is 0.648. The van der Waals surface area contributed by atoms with Crippen LogP contribution in [0.15, 0.2) is 66.7 Å². The second kappa shape index (κ2) is 9.50. The molecule has 0 spiro atoms. The van der Waals surface area contributed by atoms with Crippen molar-refractivity contribution in [3.8, 4) is 5.75 Å². The minimum absolute atomic E-state index is 0.130. The van der Waals surface area contributed by atoms with Crippen LogP contribution >= 0.6 is 0 Å². The molecule has 28 heavy (non-hydrogen) atoms. The number of carbonyl (C=O) groups excluding carboxylic acids is 1. The molecule has 6 heteroatoms. The molecule has 0 bridgehead atoms. The van der Waals surface area contributed by atoms with Crippen molar-refractivity contribution in [1.29, 1.82) is 0 Å². The molecular formula is C22H24N4O2. The third-order valence-electron chi connectivity index (χ3n) is 4.42. The molecule has 0 saturated heterocycles. The van der Waals surface area contributed by atoms with E-state index in [9.17, 15) is 4.79 Å². The van der Waals surface area contributed by atoms with Gasteiger partial charge in [0.2, 0.25) is 0 Å². The van der Waals surface area contributed by atoms with Crippen LogP contribution in [0, 0.1) is 0 Å². The number of ether oxygens (including phenoxy) is 1. The van der Waals surface area contributed by atoms with Crippen molar-refractivity contribution in [2.45, 2.75) is 20.0 Å². The molecule has 0 radical (unpaired) electrons. The minimum atomic E-state index is -0.130. The van der Waals surface area contributed by atoms with Crippen LogP contribution in [-0.4, -0.2) is 34.7 Å². The van der Waals surface area contributed by atoms with Gasteiger partial charge in [0.15, 0.2) is 5.69 Å². The lowest BCUT2D eigenvalue weighted by Crippen LogP contribution is -2.31. The van der Waals surface area contributed by atoms with Gasteiger partial charge >= 0.3 is 0 Å². The number of benzene rings is 2. The number of amides is 1. The van der Waals surface area contributed by atoms with E-state index in [1.807, 2.05) is 61.5 Å². The van der Waals surface area contributed by atoms with Crippen LogP contribution in [0.25, 0.3) is 0 Å². The van der Waals surface area contributed by atoms with Crippen LogP contribution in [-0.2, 0) is 13.1 Å². The van der Waals surface area contributed by atoms with Crippen LogP contribution in [0.4, 0.5) is 5.82 Å². The van der Waals surface area contributed by atoms with Crippen LogP contribution in [0.2, 0.25) is 0 Å². The summed E-state index contributed by atoms with van der Waals surface area (Å²) in [4.78, 5) is 14.5. The fourth-order valence-corrected chi connectivity index (χ4v) is 2.87. The molecule has 3 aromatic rings. The van der Waals surface area contributed by atoms with Gasteiger partial charge in [0.05, 0.1) is 7.11 Å². The standard InChI is InChI=1S/C22H24N4O2/c1-3-26(16-17-9-5-4-6-10-17)22(27)19-13-14-21(25-24-19)23-15-18-11-7-8-12-20(18)28-2/h4-14H,3,15-16H2,1-2H3,(H,23,25). The van der Waals surface area contributed by atoms with Crippen molar-refractivity contribution in [1.82, 2.24) is 15.1 Å². The first-order valence-corrected chi connectivity index (χ1v) is 9.24. The van der Waals surface area contributed by atoms with Gasteiger partial charge in [-0.2, -0.15) is 0 Å². The van der Waals surface area contributed by atoms with Gasteiger partial charge in [-0.3, -0.25) is 4.79 Å². The van der Waals surface area contributed by atoms with Gasteiger partial charge in [0.1, 0.15) is 11.6 Å². The van der Waals surface area contributed by atoms with E-state index in [4.69, 9.17) is 4.74 Å². The Bertz CT molecular complexity index is 898. The Balaban J connectivity index is 1.63. The number of aromatic nitrogens is 2. The molecule has 0 unspecified atom stereocenters. The SMILES string of the molecule is CCN(Cc1ccccc1)C(=O)c1ccc(NCc2ccccc2OC)nn1. The number of carbonyl (C=O) groups is 1. The summed E-state index contributed by atoms with van der Waals surface area (Å²) in [5.74, 6) is 1.29. The number of hydrogen-bond donors (Lipinski definition) is 1. The van der Waals surface area contributed by atoms with Crippen molar-refractivity contribution in [2.75, 3.05) is 19.0 Å². The number of nitrogens with one attached hydrogen (secondary N) is 1. The third-order valence-corrected chi connectivity index (χ3v) is 4.42. The summed E-state index contributed by atoms with van der Waals surface area (Å²) in [6.45, 7) is 3.66. The average Bonchev–Trinajstić information content (AvgIpc) is 2.77. The monoisotopic (exact) mass is 376 g/mol. The highest BCUT2D eigenvalue weighted by atomic mass is 16.5. The molecule has 1 heterocycles. The van der Waals surface area contributed by atoms with Gasteiger partial charge in [-0.05, 0) is 30.7 Å². The number of para-hydroxylation sites is 1. The zero-order valence-electron chi connectivity index (χ0n) is 16.1. The largest absolute Gasteiger partial charge is 0.496 e. The van der Waals surface area contributed by atoms with E-state index in [-0.39, 0.29) is 5.91 Å². The van der Waals surface area contributed by atoms with E-state index in [2.05, 4.69) is 15.5 Å². The Morgan fingerprint density at radius 1 is 1.00 bits per heavy atom. The number of hydrogen-bond acceptors (Lipinski definition) is 5. The highest BCUT2D eigenvalue weighted by Crippen LogP contribution is 2.18. The Hall–Kier alpha value is -3.41. The second-order valence-corrected chi connectivity index (χ2v) is 6.27. The van der Waals surface area contributed by atoms with E-state index in [1.54, 1.807) is 24.1 Å². The summed E-state index contributed by atoms with van der Waals surface area (Å²) in [7, 11) is 1.65. The molecule has 6 nitrogen and oxygen atoms in total. The predicted molar refractivity (Wildman–Crippen MR) is 109 cm³/mol. The van der Waals surface area contributed by atoms with Crippen molar-refractivity contribution in [3.63, 3.8) is 0 Å². The Labute approximate surface area is 165 Å². The molecule has 1 N–H and O–H groups in total. The maximum absolute atomic E-state index is 12.7. The summed E-state index contributed by atoms with van der Waals surface area (Å²) in [5.41, 5.74) is 2.44. The van der Waals surface area contributed by atoms with E-state index < -0.39 is 0 Å². The number of nitrogens with zero attached hydrogens (tertiary/aromatic N) is 3. The molecule has 3 rings (SSSR count). The number of methoxy groups -OCH3 is 1. The zero-order valence-corrected chi connectivity index (χ0v) is 16.1. The molecule has 0 fully saturated rings. The number of anilines is 1. The summed E-state index contributed by atoms with van der Waals surface area (Å²) >= 11 is 0. The first-order chi connectivity index (χ1) is 13.7. The summed E-state index contributed by atoms with van der Waals surface area (Å²) in [6, 6.07) is 21.2. The zero-order chi connectivity index (χ0) is 19.8. The molecule has 2 aromatic carbocycles. The van der Waals surface area contributed by atoms with Crippen LogP contribution in [0.3, 0.4) is 0 Å². The third kappa shape index (κ3) is 4.85. The van der Waals surface area contributed by atoms with Crippen LogP contribution in [0.1, 0.15) is 28.5 Å². The smallest absolute Gasteiger partial charge is 0.274 e. The molecule has 0 aliphatic carbocycles. The minimum Gasteiger partial charge on any atom is -0.496 e. The van der Waals surface area contributed by atoms with E-state index in [0.717, 1.165) is 16.9 Å². The first kappa shape index (κ1) is 19.4. The normalized spacial score (nSPS) is 10.4. The molecule has 1 amide bonds. The Kier molecular flexibility index (Phi) is 6.57. The van der Waals surface area contributed by atoms with Crippen LogP contribution in [0.5, 0.6) is 5.75 Å². The maximum atomic E-state index is 12.7. The Morgan fingerprint density at radius 2 is 1.75 bits per heavy atom. The molecule has 0 aliphatic heterocycles. The maximum Gasteiger partial charge on any atom is 0.274 e. The summed E-state index contributed by atoms with van der Waals surface area (Å²) < 4.78 is 5.35. The number of rotatable bonds is 8. The van der Waals surface area contributed by atoms with E-state index in [0.29, 0.717) is 31.1 Å². The summed E-state index contributed by atoms with van der Waals surface area (Å²) in [6.07, 6.45) is 0. The molecule has 0 aliphatic rings. The molecule has 144 valence electrons. The lowest BCUT2D eigenvalue weighted by Gasteiger charge is -2.20. The molecule has 0 saturated carbocycles. The van der Waals surface area contributed by atoms with Crippen LogP contribution < -0.4 is 10.1 Å². The van der Waals surface area contributed by atoms with Gasteiger partial charge < -0.3 is 15.0 Å². The van der Waals surface area contributed by atoms with Crippen molar-refractivity contribution in [2.24, 2.45) is 0 Å². The summed E-state index contributed by atoms with van der Waals surface area (Å²) in [5, 5.41) is 11.5. The van der Waals surface area contributed by atoms with Crippen molar-refractivity contribution in [3.05, 3.63) is 83.6 Å². The predicted octanol–water partition coefficient (Wildman–Crippen LogP) is 3.76.